The summed E-state index contributed by atoms with van der Waals surface area (Å²) >= 11 is 0. The molecule has 0 aliphatic rings. The van der Waals surface area contributed by atoms with E-state index in [1.807, 2.05) is 30.5 Å². The zero-order valence-corrected chi connectivity index (χ0v) is 10.8. The van der Waals surface area contributed by atoms with Crippen molar-refractivity contribution in [2.45, 2.75) is 13.8 Å². The molecule has 0 aliphatic carbocycles. The second-order valence-corrected chi connectivity index (χ2v) is 4.70. The third-order valence-corrected chi connectivity index (χ3v) is 3.19. The molecule has 0 spiro atoms. The van der Waals surface area contributed by atoms with Crippen LogP contribution in [0.3, 0.4) is 0 Å². The highest BCUT2D eigenvalue weighted by Crippen LogP contribution is 2.25. The Bertz CT molecular complexity index is 774. The molecule has 2 aromatic carbocycles. The number of anilines is 1. The van der Waals surface area contributed by atoms with Crippen molar-refractivity contribution in [3.8, 4) is 5.69 Å². The molecule has 2 N–H and O–H groups in total. The van der Waals surface area contributed by atoms with E-state index in [-0.39, 0.29) is 5.82 Å². The van der Waals surface area contributed by atoms with Gasteiger partial charge in [0.1, 0.15) is 11.6 Å². The van der Waals surface area contributed by atoms with E-state index >= 15 is 0 Å². The molecule has 4 heteroatoms. The van der Waals surface area contributed by atoms with Crippen LogP contribution in [0.5, 0.6) is 0 Å². The Labute approximate surface area is 110 Å². The fraction of sp³-hybridized carbons (Fsp3) is 0.133. The standard InChI is InChI=1S/C15H14FN3/c1-9-3-5-12(16)15(7-9)19-10(2)18-13-8-11(17)4-6-14(13)19/h3-8H,17H2,1-2H3. The Kier molecular flexibility index (Phi) is 2.52. The number of rotatable bonds is 1. The van der Waals surface area contributed by atoms with Crippen LogP contribution in [0.15, 0.2) is 36.4 Å². The maximum absolute atomic E-state index is 14.0. The van der Waals surface area contributed by atoms with Gasteiger partial charge in [0.25, 0.3) is 0 Å². The van der Waals surface area contributed by atoms with Crippen molar-refractivity contribution >= 4 is 16.7 Å². The molecular formula is C15H14FN3. The zero-order valence-electron chi connectivity index (χ0n) is 10.8. The molecule has 1 aromatic heterocycles. The second kappa shape index (κ2) is 4.09. The molecule has 0 radical (unpaired) electrons. The predicted molar refractivity (Wildman–Crippen MR) is 74.9 cm³/mol. The SMILES string of the molecule is Cc1ccc(F)c(-n2c(C)nc3cc(N)ccc32)c1. The van der Waals surface area contributed by atoms with Gasteiger partial charge in [0, 0.05) is 5.69 Å². The quantitative estimate of drug-likeness (QED) is 0.677. The third-order valence-electron chi connectivity index (χ3n) is 3.19. The average Bonchev–Trinajstić information content (AvgIpc) is 2.67. The summed E-state index contributed by atoms with van der Waals surface area (Å²) in [6.07, 6.45) is 0. The zero-order chi connectivity index (χ0) is 13.6. The fourth-order valence-electron chi connectivity index (χ4n) is 2.32. The van der Waals surface area contributed by atoms with Gasteiger partial charge in [-0.15, -0.1) is 0 Å². The highest BCUT2D eigenvalue weighted by molar-refractivity contribution is 5.81. The number of halogens is 1. The molecule has 0 unspecified atom stereocenters. The van der Waals surface area contributed by atoms with E-state index in [1.165, 1.54) is 6.07 Å². The number of nitrogens with two attached hydrogens (primary N) is 1. The summed E-state index contributed by atoms with van der Waals surface area (Å²) < 4.78 is 15.9. The van der Waals surface area contributed by atoms with Crippen LogP contribution in [0.4, 0.5) is 10.1 Å². The van der Waals surface area contributed by atoms with Crippen molar-refractivity contribution in [1.29, 1.82) is 0 Å². The molecule has 0 amide bonds. The number of hydrogen-bond donors (Lipinski definition) is 1. The van der Waals surface area contributed by atoms with Crippen LogP contribution in [0, 0.1) is 19.7 Å². The average molecular weight is 255 g/mol. The number of aryl methyl sites for hydroxylation is 2. The van der Waals surface area contributed by atoms with Gasteiger partial charge in [0.05, 0.1) is 16.7 Å². The third kappa shape index (κ3) is 1.85. The summed E-state index contributed by atoms with van der Waals surface area (Å²) in [6.45, 7) is 3.80. The number of imidazole rings is 1. The molecule has 0 bridgehead atoms. The Balaban J connectivity index is 2.36. The van der Waals surface area contributed by atoms with Gasteiger partial charge in [-0.25, -0.2) is 9.37 Å². The van der Waals surface area contributed by atoms with Gasteiger partial charge in [-0.1, -0.05) is 6.07 Å². The molecule has 19 heavy (non-hydrogen) atoms. The van der Waals surface area contributed by atoms with E-state index in [4.69, 9.17) is 5.73 Å². The lowest BCUT2D eigenvalue weighted by Gasteiger charge is -2.09. The molecule has 0 saturated heterocycles. The van der Waals surface area contributed by atoms with E-state index in [2.05, 4.69) is 4.98 Å². The minimum absolute atomic E-state index is 0.259. The largest absolute Gasteiger partial charge is 0.399 e. The number of fused-ring (bicyclic) bond motifs is 1. The van der Waals surface area contributed by atoms with Crippen molar-refractivity contribution < 1.29 is 4.39 Å². The van der Waals surface area contributed by atoms with Gasteiger partial charge in [-0.2, -0.15) is 0 Å². The van der Waals surface area contributed by atoms with Crippen LogP contribution < -0.4 is 5.73 Å². The first-order valence-corrected chi connectivity index (χ1v) is 6.07. The molecule has 0 saturated carbocycles. The van der Waals surface area contributed by atoms with Gasteiger partial charge in [0.15, 0.2) is 0 Å². The molecule has 1 heterocycles. The van der Waals surface area contributed by atoms with E-state index in [9.17, 15) is 4.39 Å². The number of hydrogen-bond acceptors (Lipinski definition) is 2. The Morgan fingerprint density at radius 2 is 1.89 bits per heavy atom. The fourth-order valence-corrected chi connectivity index (χ4v) is 2.32. The molecule has 0 atom stereocenters. The van der Waals surface area contributed by atoms with Crippen molar-refractivity contribution in [3.63, 3.8) is 0 Å². The lowest BCUT2D eigenvalue weighted by Crippen LogP contribution is -2.00. The van der Waals surface area contributed by atoms with Crippen molar-refractivity contribution in [2.75, 3.05) is 5.73 Å². The molecule has 0 fully saturated rings. The first-order chi connectivity index (χ1) is 9.06. The normalized spacial score (nSPS) is 11.1. The maximum Gasteiger partial charge on any atom is 0.147 e. The van der Waals surface area contributed by atoms with Crippen LogP contribution >= 0.6 is 0 Å². The maximum atomic E-state index is 14.0. The summed E-state index contributed by atoms with van der Waals surface area (Å²) in [6, 6.07) is 10.5. The topological polar surface area (TPSA) is 43.8 Å². The molecule has 3 nitrogen and oxygen atoms in total. The number of nitrogens with zero attached hydrogens (tertiary/aromatic N) is 2. The van der Waals surface area contributed by atoms with E-state index in [0.29, 0.717) is 11.4 Å². The van der Waals surface area contributed by atoms with Gasteiger partial charge >= 0.3 is 0 Å². The lowest BCUT2D eigenvalue weighted by molar-refractivity contribution is 0.617. The van der Waals surface area contributed by atoms with Crippen LogP contribution in [0.1, 0.15) is 11.4 Å². The predicted octanol–water partition coefficient (Wildman–Crippen LogP) is 3.36. The second-order valence-electron chi connectivity index (χ2n) is 4.70. The van der Waals surface area contributed by atoms with Crippen LogP contribution in [0.2, 0.25) is 0 Å². The minimum Gasteiger partial charge on any atom is -0.399 e. The van der Waals surface area contributed by atoms with Crippen LogP contribution in [0.25, 0.3) is 16.7 Å². The summed E-state index contributed by atoms with van der Waals surface area (Å²) in [7, 11) is 0. The van der Waals surface area contributed by atoms with Crippen LogP contribution in [-0.4, -0.2) is 9.55 Å². The summed E-state index contributed by atoms with van der Waals surface area (Å²) in [4.78, 5) is 4.44. The highest BCUT2D eigenvalue weighted by Gasteiger charge is 2.12. The van der Waals surface area contributed by atoms with Crippen LogP contribution in [-0.2, 0) is 0 Å². The summed E-state index contributed by atoms with van der Waals surface area (Å²) in [5.74, 6) is 0.481. The highest BCUT2D eigenvalue weighted by atomic mass is 19.1. The molecule has 96 valence electrons. The Morgan fingerprint density at radius 1 is 1.11 bits per heavy atom. The summed E-state index contributed by atoms with van der Waals surface area (Å²) in [5.41, 5.74) is 9.57. The number of nitrogen functional groups attached to an aromatic ring is 1. The van der Waals surface area contributed by atoms with Gasteiger partial charge in [-0.3, -0.25) is 4.57 Å². The molecule has 0 aliphatic heterocycles. The Hall–Kier alpha value is -2.36. The lowest BCUT2D eigenvalue weighted by atomic mass is 10.2. The van der Waals surface area contributed by atoms with E-state index in [0.717, 1.165) is 22.4 Å². The minimum atomic E-state index is -0.259. The first-order valence-electron chi connectivity index (χ1n) is 6.07. The van der Waals surface area contributed by atoms with Gasteiger partial charge in [0.2, 0.25) is 0 Å². The molecule has 3 rings (SSSR count). The number of aromatic nitrogens is 2. The van der Waals surface area contributed by atoms with Crippen molar-refractivity contribution in [2.24, 2.45) is 0 Å². The van der Waals surface area contributed by atoms with E-state index < -0.39 is 0 Å². The smallest absolute Gasteiger partial charge is 0.147 e. The van der Waals surface area contributed by atoms with Crippen molar-refractivity contribution in [1.82, 2.24) is 9.55 Å². The van der Waals surface area contributed by atoms with E-state index in [1.54, 1.807) is 18.2 Å². The van der Waals surface area contributed by atoms with Gasteiger partial charge < -0.3 is 5.73 Å². The van der Waals surface area contributed by atoms with Gasteiger partial charge in [-0.05, 0) is 49.7 Å². The molecular weight excluding hydrogens is 241 g/mol. The monoisotopic (exact) mass is 255 g/mol. The first kappa shape index (κ1) is 11.7. The number of benzene rings is 2. The summed E-state index contributed by atoms with van der Waals surface area (Å²) in [5, 5.41) is 0. The van der Waals surface area contributed by atoms with Crippen molar-refractivity contribution in [3.05, 3.63) is 53.6 Å². The molecule has 3 aromatic rings. The Morgan fingerprint density at radius 3 is 2.68 bits per heavy atom.